The number of anilines is 3. The molecule has 0 bridgehead atoms. The molecule has 0 saturated carbocycles. The van der Waals surface area contributed by atoms with Crippen LogP contribution >= 0.6 is 0 Å². The minimum Gasteiger partial charge on any atom is -0.494 e. The summed E-state index contributed by atoms with van der Waals surface area (Å²) in [5.74, 6) is 1.78. The van der Waals surface area contributed by atoms with Crippen LogP contribution in [-0.2, 0) is 10.0 Å². The van der Waals surface area contributed by atoms with Gasteiger partial charge in [0.05, 0.1) is 11.5 Å². The number of rotatable bonds is 8. The number of benzene rings is 2. The van der Waals surface area contributed by atoms with Gasteiger partial charge in [-0.05, 0) is 73.7 Å². The zero-order chi connectivity index (χ0) is 21.7. The maximum absolute atomic E-state index is 12.6. The highest BCUT2D eigenvalue weighted by molar-refractivity contribution is 7.92. The van der Waals surface area contributed by atoms with Crippen molar-refractivity contribution in [2.75, 3.05) is 16.6 Å². The van der Waals surface area contributed by atoms with Gasteiger partial charge in [0, 0.05) is 23.8 Å². The Kier molecular flexibility index (Phi) is 5.80. The van der Waals surface area contributed by atoms with E-state index in [2.05, 4.69) is 25.3 Å². The van der Waals surface area contributed by atoms with E-state index in [1.165, 1.54) is 12.1 Å². The molecular weight excluding hydrogens is 416 g/mol. The van der Waals surface area contributed by atoms with Gasteiger partial charge in [-0.2, -0.15) is 5.10 Å². The molecule has 0 amide bonds. The van der Waals surface area contributed by atoms with Gasteiger partial charge in [-0.3, -0.25) is 4.72 Å². The van der Waals surface area contributed by atoms with Gasteiger partial charge in [0.2, 0.25) is 0 Å². The third-order valence-corrected chi connectivity index (χ3v) is 5.64. The number of hydrogen-bond donors (Lipinski definition) is 2. The Morgan fingerprint density at radius 2 is 1.68 bits per heavy atom. The minimum absolute atomic E-state index is 0.158. The average Bonchev–Trinajstić information content (AvgIpc) is 3.31. The number of nitrogens with zero attached hydrogens (tertiary/aromatic N) is 4. The maximum atomic E-state index is 12.6. The lowest BCUT2D eigenvalue weighted by Crippen LogP contribution is -2.12. The summed E-state index contributed by atoms with van der Waals surface area (Å²) in [6.07, 6.45) is 3.45. The van der Waals surface area contributed by atoms with Crippen molar-refractivity contribution in [3.05, 3.63) is 79.1 Å². The van der Waals surface area contributed by atoms with E-state index in [1.54, 1.807) is 71.7 Å². The monoisotopic (exact) mass is 436 g/mol. The van der Waals surface area contributed by atoms with Crippen LogP contribution < -0.4 is 14.8 Å². The largest absolute Gasteiger partial charge is 0.494 e. The Morgan fingerprint density at radius 1 is 0.935 bits per heavy atom. The molecule has 2 heterocycles. The molecule has 2 aromatic heterocycles. The molecule has 0 radical (unpaired) electrons. The SMILES string of the molecule is CCOc1ccc(S(=O)(=O)Nc2ccc(Nc3ccc(-n4cccn4)nn3)cc2)cc1. The van der Waals surface area contributed by atoms with Crippen LogP contribution in [0.25, 0.3) is 5.82 Å². The normalized spacial score (nSPS) is 11.1. The number of hydrogen-bond acceptors (Lipinski definition) is 7. The van der Waals surface area contributed by atoms with E-state index in [0.29, 0.717) is 29.7 Å². The average molecular weight is 436 g/mol. The van der Waals surface area contributed by atoms with Crippen LogP contribution in [0.15, 0.2) is 84.0 Å². The Balaban J connectivity index is 1.40. The number of nitrogens with one attached hydrogen (secondary N) is 2. The first-order valence-electron chi connectivity index (χ1n) is 9.50. The van der Waals surface area contributed by atoms with E-state index in [9.17, 15) is 8.42 Å². The van der Waals surface area contributed by atoms with Crippen molar-refractivity contribution < 1.29 is 13.2 Å². The highest BCUT2D eigenvalue weighted by atomic mass is 32.2. The summed E-state index contributed by atoms with van der Waals surface area (Å²) >= 11 is 0. The van der Waals surface area contributed by atoms with Gasteiger partial charge in [-0.15, -0.1) is 10.2 Å². The molecule has 0 aliphatic heterocycles. The summed E-state index contributed by atoms with van der Waals surface area (Å²) in [7, 11) is -3.70. The van der Waals surface area contributed by atoms with Crippen molar-refractivity contribution in [1.82, 2.24) is 20.0 Å². The molecule has 10 heteroatoms. The molecule has 9 nitrogen and oxygen atoms in total. The second-order valence-electron chi connectivity index (χ2n) is 6.44. The van der Waals surface area contributed by atoms with E-state index in [4.69, 9.17) is 4.74 Å². The van der Waals surface area contributed by atoms with Gasteiger partial charge >= 0.3 is 0 Å². The van der Waals surface area contributed by atoms with Crippen LogP contribution in [0.5, 0.6) is 5.75 Å². The fourth-order valence-corrected chi connectivity index (χ4v) is 3.84. The maximum Gasteiger partial charge on any atom is 0.261 e. The lowest BCUT2D eigenvalue weighted by atomic mass is 10.3. The van der Waals surface area contributed by atoms with Gasteiger partial charge < -0.3 is 10.1 Å². The highest BCUT2D eigenvalue weighted by Gasteiger charge is 2.14. The van der Waals surface area contributed by atoms with E-state index in [0.717, 1.165) is 5.69 Å². The summed E-state index contributed by atoms with van der Waals surface area (Å²) in [4.78, 5) is 0.158. The predicted octanol–water partition coefficient (Wildman–Crippen LogP) is 3.61. The highest BCUT2D eigenvalue weighted by Crippen LogP contribution is 2.22. The zero-order valence-electron chi connectivity index (χ0n) is 16.6. The molecule has 31 heavy (non-hydrogen) atoms. The molecule has 0 atom stereocenters. The fraction of sp³-hybridized carbons (Fsp3) is 0.0952. The molecule has 0 spiro atoms. The minimum atomic E-state index is -3.70. The Hall–Kier alpha value is -3.92. The summed E-state index contributed by atoms with van der Waals surface area (Å²) in [5.41, 5.74) is 1.18. The molecule has 4 rings (SSSR count). The van der Waals surface area contributed by atoms with Crippen LogP contribution in [0.1, 0.15) is 6.92 Å². The second-order valence-corrected chi connectivity index (χ2v) is 8.12. The zero-order valence-corrected chi connectivity index (χ0v) is 17.5. The molecule has 0 fully saturated rings. The van der Waals surface area contributed by atoms with Crippen LogP contribution in [0.2, 0.25) is 0 Å². The number of aromatic nitrogens is 4. The van der Waals surface area contributed by atoms with Gasteiger partial charge in [0.25, 0.3) is 10.0 Å². The molecule has 0 saturated heterocycles. The first-order chi connectivity index (χ1) is 15.0. The van der Waals surface area contributed by atoms with E-state index in [1.807, 2.05) is 6.92 Å². The van der Waals surface area contributed by atoms with E-state index in [-0.39, 0.29) is 4.90 Å². The third kappa shape index (κ3) is 4.98. The Labute approximate surface area is 179 Å². The van der Waals surface area contributed by atoms with Gasteiger partial charge in [-0.25, -0.2) is 13.1 Å². The molecule has 0 aliphatic rings. The standard InChI is InChI=1S/C21H20N6O3S/c1-2-30-18-8-10-19(11-9-18)31(28,29)26-17-6-4-16(5-7-17)23-20-12-13-21(25-24-20)27-15-3-14-22-27/h3-15,26H,2H2,1H3,(H,23,24). The third-order valence-electron chi connectivity index (χ3n) is 4.24. The van der Waals surface area contributed by atoms with Gasteiger partial charge in [0.1, 0.15) is 5.75 Å². The first kappa shape index (κ1) is 20.4. The van der Waals surface area contributed by atoms with Crippen molar-refractivity contribution in [1.29, 1.82) is 0 Å². The molecule has 4 aromatic rings. The predicted molar refractivity (Wildman–Crippen MR) is 117 cm³/mol. The Morgan fingerprint density at radius 3 is 2.29 bits per heavy atom. The molecule has 2 N–H and O–H groups in total. The molecule has 0 unspecified atom stereocenters. The van der Waals surface area contributed by atoms with Crippen LogP contribution in [0.3, 0.4) is 0 Å². The second kappa shape index (κ2) is 8.84. The van der Waals surface area contributed by atoms with Gasteiger partial charge in [-0.1, -0.05) is 0 Å². The van der Waals surface area contributed by atoms with Gasteiger partial charge in [0.15, 0.2) is 11.6 Å². The topological polar surface area (TPSA) is 111 Å². The number of sulfonamides is 1. The molecular formula is C21H20N6O3S. The number of ether oxygens (including phenoxy) is 1. The van der Waals surface area contributed by atoms with E-state index >= 15 is 0 Å². The van der Waals surface area contributed by atoms with Crippen LogP contribution in [0, 0.1) is 0 Å². The van der Waals surface area contributed by atoms with Crippen LogP contribution in [0.4, 0.5) is 17.2 Å². The summed E-state index contributed by atoms with van der Waals surface area (Å²) in [5, 5.41) is 15.5. The first-order valence-corrected chi connectivity index (χ1v) is 11.0. The lowest BCUT2D eigenvalue weighted by molar-refractivity contribution is 0.340. The smallest absolute Gasteiger partial charge is 0.261 e. The van der Waals surface area contributed by atoms with Crippen LogP contribution in [-0.4, -0.2) is 35.0 Å². The molecule has 158 valence electrons. The summed E-state index contributed by atoms with van der Waals surface area (Å²) in [6.45, 7) is 2.39. The van der Waals surface area contributed by atoms with Crippen molar-refractivity contribution in [2.24, 2.45) is 0 Å². The summed E-state index contributed by atoms with van der Waals surface area (Å²) < 4.78 is 34.7. The van der Waals surface area contributed by atoms with Crippen molar-refractivity contribution in [2.45, 2.75) is 11.8 Å². The Bertz CT molecular complexity index is 1220. The summed E-state index contributed by atoms with van der Waals surface area (Å²) in [6, 6.07) is 18.5. The lowest BCUT2D eigenvalue weighted by Gasteiger charge is -2.10. The van der Waals surface area contributed by atoms with Crippen molar-refractivity contribution in [3.8, 4) is 11.6 Å². The quantitative estimate of drug-likeness (QED) is 0.434. The fourth-order valence-electron chi connectivity index (χ4n) is 2.78. The molecule has 2 aromatic carbocycles. The van der Waals surface area contributed by atoms with E-state index < -0.39 is 10.0 Å². The van der Waals surface area contributed by atoms with Crippen molar-refractivity contribution >= 4 is 27.2 Å². The molecule has 0 aliphatic carbocycles. The van der Waals surface area contributed by atoms with Crippen molar-refractivity contribution in [3.63, 3.8) is 0 Å².